The molecule has 0 aliphatic heterocycles. The highest BCUT2D eigenvalue weighted by molar-refractivity contribution is 5.83. The molecule has 1 N–H and O–H groups in total. The van der Waals surface area contributed by atoms with Crippen LogP contribution < -0.4 is 0 Å². The Morgan fingerprint density at radius 2 is 2.05 bits per heavy atom. The van der Waals surface area contributed by atoms with E-state index < -0.39 is 5.97 Å². The Labute approximate surface area is 110 Å². The number of carboxylic acid groups (broad SMARTS) is 1. The molecule has 0 atom stereocenters. The standard InChI is InChI=1S/C14H13FN2O2/c1-8(2)12-9(4-3-5-10(12)15)11-6-7-16-13(17-11)14(18)19/h3-8H,1-2H3,(H,18,19). The van der Waals surface area contributed by atoms with Crippen LogP contribution in [0.15, 0.2) is 30.5 Å². The normalized spacial score (nSPS) is 10.7. The number of carboxylic acids is 1. The van der Waals surface area contributed by atoms with E-state index in [0.29, 0.717) is 16.8 Å². The van der Waals surface area contributed by atoms with E-state index in [0.717, 1.165) is 0 Å². The van der Waals surface area contributed by atoms with E-state index in [1.165, 1.54) is 12.3 Å². The van der Waals surface area contributed by atoms with Crippen molar-refractivity contribution in [2.75, 3.05) is 0 Å². The highest BCUT2D eigenvalue weighted by Crippen LogP contribution is 2.29. The van der Waals surface area contributed by atoms with Crippen LogP contribution in [0.3, 0.4) is 0 Å². The van der Waals surface area contributed by atoms with Crippen LogP contribution in [-0.2, 0) is 0 Å². The fraction of sp³-hybridized carbons (Fsp3) is 0.214. The largest absolute Gasteiger partial charge is 0.475 e. The summed E-state index contributed by atoms with van der Waals surface area (Å²) >= 11 is 0. The zero-order valence-corrected chi connectivity index (χ0v) is 10.6. The second-order valence-corrected chi connectivity index (χ2v) is 4.43. The van der Waals surface area contributed by atoms with Gasteiger partial charge in [-0.3, -0.25) is 0 Å². The molecule has 1 aromatic heterocycles. The predicted octanol–water partition coefficient (Wildman–Crippen LogP) is 3.10. The molecule has 0 saturated carbocycles. The number of halogens is 1. The van der Waals surface area contributed by atoms with Crippen LogP contribution in [0.5, 0.6) is 0 Å². The summed E-state index contributed by atoms with van der Waals surface area (Å²) in [6.07, 6.45) is 1.36. The first-order valence-corrected chi connectivity index (χ1v) is 5.86. The number of hydrogen-bond acceptors (Lipinski definition) is 3. The van der Waals surface area contributed by atoms with Gasteiger partial charge in [0.25, 0.3) is 0 Å². The topological polar surface area (TPSA) is 63.1 Å². The molecule has 0 radical (unpaired) electrons. The summed E-state index contributed by atoms with van der Waals surface area (Å²) in [4.78, 5) is 18.5. The minimum atomic E-state index is -1.20. The van der Waals surface area contributed by atoms with Gasteiger partial charge in [-0.1, -0.05) is 26.0 Å². The first-order chi connectivity index (χ1) is 9.00. The highest BCUT2D eigenvalue weighted by atomic mass is 19.1. The number of nitrogens with zero attached hydrogens (tertiary/aromatic N) is 2. The van der Waals surface area contributed by atoms with Crippen LogP contribution in [-0.4, -0.2) is 21.0 Å². The second kappa shape index (κ2) is 5.14. The molecule has 1 aromatic carbocycles. The molecular weight excluding hydrogens is 247 g/mol. The molecule has 0 aliphatic carbocycles. The SMILES string of the molecule is CC(C)c1c(F)cccc1-c1ccnc(C(=O)O)n1. The lowest BCUT2D eigenvalue weighted by Gasteiger charge is -2.13. The maximum absolute atomic E-state index is 13.9. The summed E-state index contributed by atoms with van der Waals surface area (Å²) in [7, 11) is 0. The number of hydrogen-bond donors (Lipinski definition) is 1. The van der Waals surface area contributed by atoms with Crippen molar-refractivity contribution in [2.45, 2.75) is 19.8 Å². The van der Waals surface area contributed by atoms with Gasteiger partial charge in [-0.15, -0.1) is 0 Å². The van der Waals surface area contributed by atoms with E-state index in [4.69, 9.17) is 5.11 Å². The number of aromatic carboxylic acids is 1. The molecule has 0 fully saturated rings. The fourth-order valence-electron chi connectivity index (χ4n) is 1.96. The minimum Gasteiger partial charge on any atom is -0.475 e. The van der Waals surface area contributed by atoms with E-state index in [9.17, 15) is 9.18 Å². The molecule has 0 amide bonds. The van der Waals surface area contributed by atoms with Crippen molar-refractivity contribution in [3.8, 4) is 11.3 Å². The minimum absolute atomic E-state index is 0.0283. The first-order valence-electron chi connectivity index (χ1n) is 5.86. The third kappa shape index (κ3) is 2.59. The Morgan fingerprint density at radius 3 is 2.68 bits per heavy atom. The molecule has 1 heterocycles. The van der Waals surface area contributed by atoms with Crippen molar-refractivity contribution in [3.05, 3.63) is 47.7 Å². The second-order valence-electron chi connectivity index (χ2n) is 4.43. The quantitative estimate of drug-likeness (QED) is 0.921. The maximum atomic E-state index is 13.9. The van der Waals surface area contributed by atoms with Crippen molar-refractivity contribution in [1.29, 1.82) is 0 Å². The van der Waals surface area contributed by atoms with Crippen molar-refractivity contribution in [2.24, 2.45) is 0 Å². The maximum Gasteiger partial charge on any atom is 0.373 e. The van der Waals surface area contributed by atoms with Crippen molar-refractivity contribution in [3.63, 3.8) is 0 Å². The van der Waals surface area contributed by atoms with E-state index in [-0.39, 0.29) is 17.6 Å². The van der Waals surface area contributed by atoms with Crippen LogP contribution in [0.4, 0.5) is 4.39 Å². The van der Waals surface area contributed by atoms with Crippen molar-refractivity contribution in [1.82, 2.24) is 9.97 Å². The Kier molecular flexibility index (Phi) is 3.55. The van der Waals surface area contributed by atoms with Crippen LogP contribution >= 0.6 is 0 Å². The summed E-state index contributed by atoms with van der Waals surface area (Å²) in [5.41, 5.74) is 1.54. The summed E-state index contributed by atoms with van der Waals surface area (Å²) < 4.78 is 13.9. The number of aromatic nitrogens is 2. The van der Waals surface area contributed by atoms with Gasteiger partial charge in [0.15, 0.2) is 0 Å². The van der Waals surface area contributed by atoms with Gasteiger partial charge in [0.05, 0.1) is 5.69 Å². The van der Waals surface area contributed by atoms with Crippen molar-refractivity contribution >= 4 is 5.97 Å². The molecule has 4 nitrogen and oxygen atoms in total. The average Bonchev–Trinajstić information content (AvgIpc) is 2.38. The summed E-state index contributed by atoms with van der Waals surface area (Å²) in [6, 6.07) is 6.27. The Morgan fingerprint density at radius 1 is 1.32 bits per heavy atom. The third-order valence-electron chi connectivity index (χ3n) is 2.75. The Bertz CT molecular complexity index is 627. The van der Waals surface area contributed by atoms with E-state index >= 15 is 0 Å². The highest BCUT2D eigenvalue weighted by Gasteiger charge is 2.16. The number of carbonyl (C=O) groups is 1. The molecule has 0 saturated heterocycles. The molecular formula is C14H13FN2O2. The Hall–Kier alpha value is -2.30. The van der Waals surface area contributed by atoms with Gasteiger partial charge in [0, 0.05) is 11.8 Å². The summed E-state index contributed by atoms with van der Waals surface area (Å²) in [5.74, 6) is -1.84. The summed E-state index contributed by atoms with van der Waals surface area (Å²) in [6.45, 7) is 3.75. The zero-order chi connectivity index (χ0) is 14.0. The van der Waals surface area contributed by atoms with Gasteiger partial charge in [-0.05, 0) is 23.6 Å². The van der Waals surface area contributed by atoms with E-state index in [2.05, 4.69) is 9.97 Å². The molecule has 2 rings (SSSR count). The van der Waals surface area contributed by atoms with Crippen LogP contribution in [0.2, 0.25) is 0 Å². The van der Waals surface area contributed by atoms with E-state index in [1.54, 1.807) is 18.2 Å². The van der Waals surface area contributed by atoms with Crippen LogP contribution in [0, 0.1) is 5.82 Å². The third-order valence-corrected chi connectivity index (χ3v) is 2.75. The fourth-order valence-corrected chi connectivity index (χ4v) is 1.96. The molecule has 5 heteroatoms. The molecule has 0 aliphatic rings. The lowest BCUT2D eigenvalue weighted by Crippen LogP contribution is -2.05. The zero-order valence-electron chi connectivity index (χ0n) is 10.6. The van der Waals surface area contributed by atoms with Gasteiger partial charge < -0.3 is 5.11 Å². The van der Waals surface area contributed by atoms with Gasteiger partial charge in [0.2, 0.25) is 5.82 Å². The monoisotopic (exact) mass is 260 g/mol. The van der Waals surface area contributed by atoms with Crippen molar-refractivity contribution < 1.29 is 14.3 Å². The predicted molar refractivity (Wildman–Crippen MR) is 68.5 cm³/mol. The van der Waals surface area contributed by atoms with E-state index in [1.807, 2.05) is 13.8 Å². The molecule has 0 bridgehead atoms. The van der Waals surface area contributed by atoms with Gasteiger partial charge in [-0.2, -0.15) is 0 Å². The average molecular weight is 260 g/mol. The Balaban J connectivity index is 2.62. The molecule has 2 aromatic rings. The molecule has 98 valence electrons. The number of benzene rings is 1. The van der Waals surface area contributed by atoms with Gasteiger partial charge in [0.1, 0.15) is 5.82 Å². The van der Waals surface area contributed by atoms with Crippen LogP contribution in [0.25, 0.3) is 11.3 Å². The van der Waals surface area contributed by atoms with Gasteiger partial charge in [-0.25, -0.2) is 19.2 Å². The number of rotatable bonds is 3. The molecule has 0 spiro atoms. The summed E-state index contributed by atoms with van der Waals surface area (Å²) in [5, 5.41) is 8.89. The first kappa shape index (κ1) is 13.1. The van der Waals surface area contributed by atoms with Gasteiger partial charge >= 0.3 is 5.97 Å². The lowest BCUT2D eigenvalue weighted by atomic mass is 9.94. The smallest absolute Gasteiger partial charge is 0.373 e. The molecule has 19 heavy (non-hydrogen) atoms. The van der Waals surface area contributed by atoms with Crippen LogP contribution in [0.1, 0.15) is 35.9 Å². The molecule has 0 unspecified atom stereocenters. The lowest BCUT2D eigenvalue weighted by molar-refractivity contribution is 0.0683.